The van der Waals surface area contributed by atoms with Crippen molar-refractivity contribution >= 4 is 11.7 Å². The van der Waals surface area contributed by atoms with Gasteiger partial charge < -0.3 is 16.0 Å². The van der Waals surface area contributed by atoms with Gasteiger partial charge in [0.1, 0.15) is 0 Å². The van der Waals surface area contributed by atoms with Gasteiger partial charge in [-0.15, -0.1) is 0 Å². The fourth-order valence-corrected chi connectivity index (χ4v) is 2.29. The van der Waals surface area contributed by atoms with Crippen molar-refractivity contribution in [1.82, 2.24) is 10.6 Å². The van der Waals surface area contributed by atoms with Crippen LogP contribution in [0.2, 0.25) is 0 Å². The molecule has 1 aliphatic rings. The molecule has 2 unspecified atom stereocenters. The van der Waals surface area contributed by atoms with Crippen LogP contribution in [-0.2, 0) is 0 Å². The second kappa shape index (κ2) is 6.40. The summed E-state index contributed by atoms with van der Waals surface area (Å²) < 4.78 is 0. The van der Waals surface area contributed by atoms with E-state index in [1.54, 1.807) is 0 Å². The molecule has 4 heteroatoms. The number of benzene rings is 1. The van der Waals surface area contributed by atoms with Crippen LogP contribution in [0.4, 0.5) is 10.5 Å². The second-order valence-corrected chi connectivity index (χ2v) is 4.93. The lowest BCUT2D eigenvalue weighted by atomic mass is 9.88. The predicted molar refractivity (Wildman–Crippen MR) is 73.6 cm³/mol. The lowest BCUT2D eigenvalue weighted by molar-refractivity contribution is 0.237. The van der Waals surface area contributed by atoms with Crippen molar-refractivity contribution in [3.05, 3.63) is 30.3 Å². The van der Waals surface area contributed by atoms with Crippen LogP contribution in [0.15, 0.2) is 30.3 Å². The summed E-state index contributed by atoms with van der Waals surface area (Å²) in [7, 11) is 0. The Morgan fingerprint density at radius 1 is 1.39 bits per heavy atom. The molecule has 0 saturated carbocycles. The monoisotopic (exact) mass is 247 g/mol. The first-order valence-corrected chi connectivity index (χ1v) is 6.56. The molecule has 2 rings (SSSR count). The summed E-state index contributed by atoms with van der Waals surface area (Å²) in [5.74, 6) is 1.20. The Morgan fingerprint density at radius 3 is 2.89 bits per heavy atom. The molecule has 2 amide bonds. The molecule has 0 spiro atoms. The molecule has 1 aromatic rings. The van der Waals surface area contributed by atoms with Crippen molar-refractivity contribution in [2.45, 2.75) is 13.3 Å². The van der Waals surface area contributed by atoms with Crippen LogP contribution in [0.1, 0.15) is 13.3 Å². The number of amides is 2. The molecule has 18 heavy (non-hydrogen) atoms. The molecule has 1 saturated heterocycles. The minimum absolute atomic E-state index is 0.119. The van der Waals surface area contributed by atoms with E-state index in [2.05, 4.69) is 22.9 Å². The van der Waals surface area contributed by atoms with E-state index in [9.17, 15) is 4.79 Å². The normalized spacial score (nSPS) is 23.4. The number of hydrogen-bond donors (Lipinski definition) is 3. The van der Waals surface area contributed by atoms with Crippen molar-refractivity contribution in [2.24, 2.45) is 11.8 Å². The number of carbonyl (C=O) groups excluding carboxylic acids is 1. The van der Waals surface area contributed by atoms with Crippen LogP contribution >= 0.6 is 0 Å². The molecule has 1 heterocycles. The van der Waals surface area contributed by atoms with Gasteiger partial charge in [-0.1, -0.05) is 25.1 Å². The predicted octanol–water partition coefficient (Wildman–Crippen LogP) is 2.05. The highest BCUT2D eigenvalue weighted by Gasteiger charge is 2.21. The number of para-hydroxylation sites is 1. The zero-order valence-corrected chi connectivity index (χ0v) is 10.8. The molecule has 3 N–H and O–H groups in total. The Labute approximate surface area is 108 Å². The van der Waals surface area contributed by atoms with Gasteiger partial charge in [-0.25, -0.2) is 4.79 Å². The maximum atomic E-state index is 11.7. The maximum absolute atomic E-state index is 11.7. The summed E-state index contributed by atoms with van der Waals surface area (Å²) in [6.45, 7) is 5.08. The van der Waals surface area contributed by atoms with Crippen molar-refractivity contribution in [3.63, 3.8) is 0 Å². The first-order valence-electron chi connectivity index (χ1n) is 6.56. The number of rotatable bonds is 3. The van der Waals surface area contributed by atoms with E-state index in [0.29, 0.717) is 11.8 Å². The summed E-state index contributed by atoms with van der Waals surface area (Å²) in [5, 5.41) is 9.15. The Kier molecular flexibility index (Phi) is 4.59. The second-order valence-electron chi connectivity index (χ2n) is 4.93. The van der Waals surface area contributed by atoms with E-state index in [1.165, 1.54) is 0 Å². The molecule has 2 atom stereocenters. The zero-order chi connectivity index (χ0) is 12.8. The van der Waals surface area contributed by atoms with Gasteiger partial charge in [0.25, 0.3) is 0 Å². The molecule has 0 bridgehead atoms. The standard InChI is InChI=1S/C14H21N3O/c1-11-9-15-8-7-12(11)10-16-14(18)17-13-5-3-2-4-6-13/h2-6,11-12,15H,7-10H2,1H3,(H2,16,17,18). The summed E-state index contributed by atoms with van der Waals surface area (Å²) in [6, 6.07) is 9.39. The van der Waals surface area contributed by atoms with E-state index in [-0.39, 0.29) is 6.03 Å². The quantitative estimate of drug-likeness (QED) is 0.765. The van der Waals surface area contributed by atoms with Gasteiger partial charge in [0.2, 0.25) is 0 Å². The maximum Gasteiger partial charge on any atom is 0.319 e. The van der Waals surface area contributed by atoms with Crippen LogP contribution in [0.3, 0.4) is 0 Å². The Morgan fingerprint density at radius 2 is 2.17 bits per heavy atom. The minimum atomic E-state index is -0.119. The summed E-state index contributed by atoms with van der Waals surface area (Å²) in [5.41, 5.74) is 0.827. The topological polar surface area (TPSA) is 53.2 Å². The highest BCUT2D eigenvalue weighted by molar-refractivity contribution is 5.89. The van der Waals surface area contributed by atoms with Crippen LogP contribution in [-0.4, -0.2) is 25.7 Å². The molecular weight excluding hydrogens is 226 g/mol. The number of piperidine rings is 1. The van der Waals surface area contributed by atoms with Gasteiger partial charge in [-0.2, -0.15) is 0 Å². The molecule has 0 radical (unpaired) electrons. The van der Waals surface area contributed by atoms with Crippen LogP contribution in [0, 0.1) is 11.8 Å². The van der Waals surface area contributed by atoms with Crippen LogP contribution < -0.4 is 16.0 Å². The zero-order valence-electron chi connectivity index (χ0n) is 10.8. The largest absolute Gasteiger partial charge is 0.338 e. The highest BCUT2D eigenvalue weighted by Crippen LogP contribution is 2.17. The average Bonchev–Trinajstić information content (AvgIpc) is 2.39. The van der Waals surface area contributed by atoms with Gasteiger partial charge in [0, 0.05) is 12.2 Å². The summed E-state index contributed by atoms with van der Waals surface area (Å²) >= 11 is 0. The van der Waals surface area contributed by atoms with Gasteiger partial charge in [-0.3, -0.25) is 0 Å². The summed E-state index contributed by atoms with van der Waals surface area (Å²) in [4.78, 5) is 11.7. The number of hydrogen-bond acceptors (Lipinski definition) is 2. The average molecular weight is 247 g/mol. The molecule has 4 nitrogen and oxygen atoms in total. The Hall–Kier alpha value is -1.55. The molecule has 0 aliphatic carbocycles. The van der Waals surface area contributed by atoms with E-state index in [0.717, 1.165) is 31.7 Å². The minimum Gasteiger partial charge on any atom is -0.338 e. The first kappa shape index (κ1) is 12.9. The van der Waals surface area contributed by atoms with Gasteiger partial charge >= 0.3 is 6.03 Å². The Bertz CT molecular complexity index is 380. The molecule has 1 aliphatic heterocycles. The van der Waals surface area contributed by atoms with Crippen LogP contribution in [0.5, 0.6) is 0 Å². The molecule has 98 valence electrons. The lowest BCUT2D eigenvalue weighted by Gasteiger charge is -2.29. The number of carbonyl (C=O) groups is 1. The van der Waals surface area contributed by atoms with E-state index in [1.807, 2.05) is 30.3 Å². The highest BCUT2D eigenvalue weighted by atomic mass is 16.2. The third kappa shape index (κ3) is 3.74. The number of nitrogens with one attached hydrogen (secondary N) is 3. The summed E-state index contributed by atoms with van der Waals surface area (Å²) in [6.07, 6.45) is 1.13. The van der Waals surface area contributed by atoms with Crippen LogP contribution in [0.25, 0.3) is 0 Å². The fourth-order valence-electron chi connectivity index (χ4n) is 2.29. The van der Waals surface area contributed by atoms with E-state index < -0.39 is 0 Å². The first-order chi connectivity index (χ1) is 8.75. The third-order valence-electron chi connectivity index (χ3n) is 3.52. The Balaban J connectivity index is 1.74. The van der Waals surface area contributed by atoms with Gasteiger partial charge in [-0.05, 0) is 43.5 Å². The fraction of sp³-hybridized carbons (Fsp3) is 0.500. The number of urea groups is 1. The molecule has 0 aromatic heterocycles. The van der Waals surface area contributed by atoms with E-state index in [4.69, 9.17) is 0 Å². The lowest BCUT2D eigenvalue weighted by Crippen LogP contribution is -2.42. The molecular formula is C14H21N3O. The third-order valence-corrected chi connectivity index (χ3v) is 3.52. The van der Waals surface area contributed by atoms with Gasteiger partial charge in [0.05, 0.1) is 0 Å². The van der Waals surface area contributed by atoms with Crippen molar-refractivity contribution < 1.29 is 4.79 Å². The molecule has 1 fully saturated rings. The smallest absolute Gasteiger partial charge is 0.319 e. The molecule has 1 aromatic carbocycles. The van der Waals surface area contributed by atoms with Gasteiger partial charge in [0.15, 0.2) is 0 Å². The van der Waals surface area contributed by atoms with Crippen molar-refractivity contribution in [3.8, 4) is 0 Å². The van der Waals surface area contributed by atoms with E-state index >= 15 is 0 Å². The van der Waals surface area contributed by atoms with Crippen molar-refractivity contribution in [2.75, 3.05) is 25.0 Å². The van der Waals surface area contributed by atoms with Crippen molar-refractivity contribution in [1.29, 1.82) is 0 Å². The number of anilines is 1. The SMILES string of the molecule is CC1CNCCC1CNC(=O)Nc1ccccc1.